The summed E-state index contributed by atoms with van der Waals surface area (Å²) in [6.45, 7) is 0.616. The monoisotopic (exact) mass is 682 g/mol. The minimum atomic E-state index is -1.87. The number of phenolic OH excluding ortho intramolecular Hbond substituents is 1. The molecule has 0 unspecified atom stereocenters. The Hall–Kier alpha value is -3.91. The van der Waals surface area contributed by atoms with Crippen LogP contribution >= 0.6 is 0 Å². The smallest absolute Gasteiger partial charge is 0.239 e. The molecular formula is C31H38O17. The largest absolute Gasteiger partial charge is 0.504 e. The summed E-state index contributed by atoms with van der Waals surface area (Å²) >= 11 is 0. The summed E-state index contributed by atoms with van der Waals surface area (Å²) < 4.78 is 50.9. The van der Waals surface area contributed by atoms with Crippen molar-refractivity contribution >= 4 is 11.0 Å². The first kappa shape index (κ1) is 35.4. The summed E-state index contributed by atoms with van der Waals surface area (Å²) in [5, 5.41) is 73.5. The number of hydrogen-bond acceptors (Lipinski definition) is 17. The quantitative estimate of drug-likeness (QED) is 0.139. The van der Waals surface area contributed by atoms with Crippen molar-refractivity contribution in [2.75, 3.05) is 35.0 Å². The molecule has 264 valence electrons. The van der Waals surface area contributed by atoms with Gasteiger partial charge in [0.15, 0.2) is 29.5 Å². The maximum atomic E-state index is 13.9. The van der Waals surface area contributed by atoms with Crippen LogP contribution in [0.3, 0.4) is 0 Å². The summed E-state index contributed by atoms with van der Waals surface area (Å²) in [6.07, 6.45) is -16.3. The van der Waals surface area contributed by atoms with E-state index in [4.69, 9.17) is 42.3 Å². The lowest BCUT2D eigenvalue weighted by Crippen LogP contribution is -2.64. The fourth-order valence-electron chi connectivity index (χ4n) is 5.61. The van der Waals surface area contributed by atoms with Gasteiger partial charge in [-0.2, -0.15) is 0 Å². The van der Waals surface area contributed by atoms with E-state index in [2.05, 4.69) is 0 Å². The topological polar surface area (TPSA) is 246 Å². The molecule has 0 amide bonds. The number of aliphatic hydroxyl groups excluding tert-OH is 6. The standard InChI is InChI=1S/C31H38O17/c1-11-16(33)20(37)22(39)30(44-11)47-27-21(38)17(34)14(10-32)45-31(27)48-29-24-15(19(36)26(42-4)28(29)43-5)18(35)25(41-3)23(46-24)12-6-8-13(40-2)9-7-12/h6-9,11,14,16-17,20-22,27,30-34,36-39H,10H2,1-5H3/t11-,14+,16-,17+,20-,21-,22+,27-,30-,31-/m0/s1. The van der Waals surface area contributed by atoms with Crippen LogP contribution in [0.5, 0.6) is 34.5 Å². The van der Waals surface area contributed by atoms with E-state index in [0.29, 0.717) is 11.3 Å². The molecule has 0 spiro atoms. The number of benzene rings is 2. The molecule has 2 aliphatic rings. The van der Waals surface area contributed by atoms with Gasteiger partial charge < -0.3 is 78.1 Å². The van der Waals surface area contributed by atoms with Crippen molar-refractivity contribution in [2.45, 2.75) is 68.3 Å². The first-order chi connectivity index (χ1) is 22.9. The number of hydrogen-bond donors (Lipinski definition) is 7. The summed E-state index contributed by atoms with van der Waals surface area (Å²) in [4.78, 5) is 13.9. The third-order valence-corrected chi connectivity index (χ3v) is 8.26. The summed E-state index contributed by atoms with van der Waals surface area (Å²) in [5.74, 6) is -1.63. The van der Waals surface area contributed by atoms with E-state index < -0.39 is 95.9 Å². The van der Waals surface area contributed by atoms with Gasteiger partial charge in [-0.3, -0.25) is 4.79 Å². The zero-order chi connectivity index (χ0) is 35.0. The summed E-state index contributed by atoms with van der Waals surface area (Å²) in [7, 11) is 5.10. The molecule has 5 rings (SSSR count). The highest BCUT2D eigenvalue weighted by atomic mass is 16.8. The fourth-order valence-corrected chi connectivity index (χ4v) is 5.61. The van der Waals surface area contributed by atoms with Crippen molar-refractivity contribution in [1.82, 2.24) is 0 Å². The summed E-state index contributed by atoms with van der Waals surface area (Å²) in [5.41, 5.74) is -0.875. The van der Waals surface area contributed by atoms with Gasteiger partial charge in [0.05, 0.1) is 41.2 Å². The Labute approximate surface area is 272 Å². The molecule has 2 aliphatic heterocycles. The molecule has 7 N–H and O–H groups in total. The van der Waals surface area contributed by atoms with Crippen LogP contribution < -0.4 is 29.1 Å². The van der Waals surface area contributed by atoms with Gasteiger partial charge in [-0.15, -0.1) is 0 Å². The predicted molar refractivity (Wildman–Crippen MR) is 161 cm³/mol. The molecule has 0 aliphatic carbocycles. The maximum absolute atomic E-state index is 13.9. The minimum absolute atomic E-state index is 0.0876. The second-order valence-corrected chi connectivity index (χ2v) is 11.1. The molecule has 1 aromatic heterocycles. The second-order valence-electron chi connectivity index (χ2n) is 11.1. The number of methoxy groups -OCH3 is 4. The van der Waals surface area contributed by atoms with Crippen LogP contribution in [-0.4, -0.2) is 132 Å². The molecule has 3 heterocycles. The van der Waals surface area contributed by atoms with Crippen LogP contribution in [0.1, 0.15) is 6.92 Å². The van der Waals surface area contributed by atoms with E-state index in [1.807, 2.05) is 0 Å². The van der Waals surface area contributed by atoms with Crippen molar-refractivity contribution in [3.63, 3.8) is 0 Å². The van der Waals surface area contributed by atoms with E-state index in [-0.39, 0.29) is 23.0 Å². The Bertz CT molecular complexity index is 1640. The zero-order valence-electron chi connectivity index (χ0n) is 26.5. The van der Waals surface area contributed by atoms with Crippen molar-refractivity contribution in [3.8, 4) is 45.8 Å². The number of ether oxygens (including phenoxy) is 8. The van der Waals surface area contributed by atoms with Gasteiger partial charge in [0.1, 0.15) is 47.8 Å². The molecule has 48 heavy (non-hydrogen) atoms. The SMILES string of the molecule is COc1ccc(-c2oc3c(O[C@@H]4O[C@H](CO)[C@@H](O)[C@H](O)[C@@H]4O[C@@H]4O[C@@H](C)[C@H](O)[C@H](O)[C@H]4O)c(OC)c(OC)c(O)c3c(=O)c2OC)cc1. The second kappa shape index (κ2) is 14.3. The van der Waals surface area contributed by atoms with Gasteiger partial charge in [-0.05, 0) is 31.2 Å². The molecule has 0 saturated carbocycles. The van der Waals surface area contributed by atoms with E-state index in [1.54, 1.807) is 24.3 Å². The normalized spacial score (nSPS) is 30.6. The molecule has 17 heteroatoms. The number of aliphatic hydroxyl groups is 6. The third-order valence-electron chi connectivity index (χ3n) is 8.26. The van der Waals surface area contributed by atoms with Crippen LogP contribution in [0, 0.1) is 0 Å². The van der Waals surface area contributed by atoms with Crippen molar-refractivity contribution < 1.29 is 78.1 Å². The molecule has 0 bridgehead atoms. The van der Waals surface area contributed by atoms with Gasteiger partial charge in [0.25, 0.3) is 0 Å². The number of rotatable bonds is 10. The average molecular weight is 683 g/mol. The molecule has 2 fully saturated rings. The number of aromatic hydroxyl groups is 1. The Balaban J connectivity index is 1.69. The number of phenols is 1. The van der Waals surface area contributed by atoms with E-state index in [9.17, 15) is 40.5 Å². The molecule has 2 aromatic carbocycles. The van der Waals surface area contributed by atoms with Crippen molar-refractivity contribution in [3.05, 3.63) is 34.5 Å². The lowest BCUT2D eigenvalue weighted by Gasteiger charge is -2.45. The van der Waals surface area contributed by atoms with Gasteiger partial charge in [-0.1, -0.05) is 0 Å². The fraction of sp³-hybridized carbons (Fsp3) is 0.516. The lowest BCUT2D eigenvalue weighted by molar-refractivity contribution is -0.354. The molecule has 3 aromatic rings. The molecule has 2 saturated heterocycles. The van der Waals surface area contributed by atoms with Crippen LogP contribution in [-0.2, 0) is 14.2 Å². The Morgan fingerprint density at radius 2 is 1.38 bits per heavy atom. The highest BCUT2D eigenvalue weighted by Gasteiger charge is 2.51. The van der Waals surface area contributed by atoms with Gasteiger partial charge in [-0.25, -0.2) is 0 Å². The van der Waals surface area contributed by atoms with Crippen LogP contribution in [0.2, 0.25) is 0 Å². The van der Waals surface area contributed by atoms with E-state index >= 15 is 0 Å². The van der Waals surface area contributed by atoms with Gasteiger partial charge in [0, 0.05) is 5.56 Å². The zero-order valence-corrected chi connectivity index (χ0v) is 26.5. The van der Waals surface area contributed by atoms with Gasteiger partial charge >= 0.3 is 0 Å². The Morgan fingerprint density at radius 1 is 0.729 bits per heavy atom. The highest BCUT2D eigenvalue weighted by molar-refractivity contribution is 5.96. The molecule has 10 atom stereocenters. The molecule has 17 nitrogen and oxygen atoms in total. The highest BCUT2D eigenvalue weighted by Crippen LogP contribution is 2.52. The minimum Gasteiger partial charge on any atom is -0.504 e. The number of fused-ring (bicyclic) bond motifs is 1. The van der Waals surface area contributed by atoms with Crippen LogP contribution in [0.15, 0.2) is 33.5 Å². The maximum Gasteiger partial charge on any atom is 0.239 e. The van der Waals surface area contributed by atoms with Crippen molar-refractivity contribution in [1.29, 1.82) is 0 Å². The van der Waals surface area contributed by atoms with E-state index in [1.165, 1.54) is 35.4 Å². The third kappa shape index (κ3) is 6.08. The lowest BCUT2D eigenvalue weighted by atomic mass is 9.97. The van der Waals surface area contributed by atoms with E-state index in [0.717, 1.165) is 0 Å². The first-order valence-corrected chi connectivity index (χ1v) is 14.7. The van der Waals surface area contributed by atoms with Gasteiger partial charge in [0.2, 0.25) is 34.7 Å². The predicted octanol–water partition coefficient (Wildman–Crippen LogP) is -0.769. The average Bonchev–Trinajstić information content (AvgIpc) is 3.09. The Kier molecular flexibility index (Phi) is 10.5. The molecule has 0 radical (unpaired) electrons. The van der Waals surface area contributed by atoms with Crippen molar-refractivity contribution in [2.24, 2.45) is 0 Å². The first-order valence-electron chi connectivity index (χ1n) is 14.7. The van der Waals surface area contributed by atoms with Crippen LogP contribution in [0.4, 0.5) is 0 Å². The summed E-state index contributed by atoms with van der Waals surface area (Å²) in [6, 6.07) is 6.40. The Morgan fingerprint density at radius 3 is 1.96 bits per heavy atom. The van der Waals surface area contributed by atoms with Crippen LogP contribution in [0.25, 0.3) is 22.3 Å². The molecular weight excluding hydrogens is 644 g/mol.